The summed E-state index contributed by atoms with van der Waals surface area (Å²) in [5.74, 6) is 0.634. The first-order valence-corrected chi connectivity index (χ1v) is 8.90. The van der Waals surface area contributed by atoms with Crippen LogP contribution >= 0.6 is 0 Å². The SMILES string of the molecule is CCC(C)CCCC(O)COS(=O)(=O)c1ccc(C)cc1. The molecule has 0 aliphatic heterocycles. The molecule has 21 heavy (non-hydrogen) atoms. The van der Waals surface area contributed by atoms with Crippen LogP contribution in [0, 0.1) is 12.8 Å². The second-order valence-electron chi connectivity index (χ2n) is 5.65. The molecule has 120 valence electrons. The lowest BCUT2D eigenvalue weighted by Crippen LogP contribution is -2.19. The smallest absolute Gasteiger partial charge is 0.297 e. The number of benzene rings is 1. The molecule has 5 heteroatoms. The van der Waals surface area contributed by atoms with Crippen LogP contribution in [-0.2, 0) is 14.3 Å². The fourth-order valence-electron chi connectivity index (χ4n) is 1.93. The van der Waals surface area contributed by atoms with Gasteiger partial charge in [-0.3, -0.25) is 4.18 Å². The van der Waals surface area contributed by atoms with Crippen LogP contribution in [0.3, 0.4) is 0 Å². The number of aryl methyl sites for hydroxylation is 1. The molecule has 1 aromatic carbocycles. The van der Waals surface area contributed by atoms with Crippen LogP contribution in [0.4, 0.5) is 0 Å². The Kier molecular flexibility index (Phi) is 7.35. The zero-order valence-electron chi connectivity index (χ0n) is 13.1. The molecule has 0 aliphatic rings. The van der Waals surface area contributed by atoms with Crippen LogP contribution in [0.5, 0.6) is 0 Å². The van der Waals surface area contributed by atoms with Crippen LogP contribution in [-0.4, -0.2) is 26.2 Å². The molecule has 1 rings (SSSR count). The monoisotopic (exact) mass is 314 g/mol. The van der Waals surface area contributed by atoms with Crippen LogP contribution in [0.2, 0.25) is 0 Å². The van der Waals surface area contributed by atoms with Crippen molar-refractivity contribution in [2.75, 3.05) is 6.61 Å². The van der Waals surface area contributed by atoms with E-state index in [1.165, 1.54) is 12.1 Å². The topological polar surface area (TPSA) is 63.6 Å². The van der Waals surface area contributed by atoms with Crippen molar-refractivity contribution in [3.63, 3.8) is 0 Å². The molecule has 0 aliphatic carbocycles. The van der Waals surface area contributed by atoms with Gasteiger partial charge in [-0.2, -0.15) is 8.42 Å². The van der Waals surface area contributed by atoms with E-state index in [1.807, 2.05) is 6.92 Å². The van der Waals surface area contributed by atoms with Crippen molar-refractivity contribution in [3.05, 3.63) is 29.8 Å². The average molecular weight is 314 g/mol. The van der Waals surface area contributed by atoms with E-state index in [0.717, 1.165) is 24.8 Å². The minimum atomic E-state index is -3.78. The van der Waals surface area contributed by atoms with Crippen molar-refractivity contribution in [2.24, 2.45) is 5.92 Å². The third-order valence-corrected chi connectivity index (χ3v) is 4.95. The Morgan fingerprint density at radius 1 is 1.19 bits per heavy atom. The van der Waals surface area contributed by atoms with Gasteiger partial charge in [0, 0.05) is 0 Å². The molecule has 0 spiro atoms. The Bertz CT molecular complexity index is 508. The zero-order valence-corrected chi connectivity index (χ0v) is 13.9. The summed E-state index contributed by atoms with van der Waals surface area (Å²) in [6, 6.07) is 6.47. The van der Waals surface area contributed by atoms with Crippen molar-refractivity contribution >= 4 is 10.1 Å². The van der Waals surface area contributed by atoms with Gasteiger partial charge in [0.05, 0.1) is 17.6 Å². The van der Waals surface area contributed by atoms with Crippen LogP contribution < -0.4 is 0 Å². The van der Waals surface area contributed by atoms with Gasteiger partial charge in [0.2, 0.25) is 0 Å². The molecular formula is C16H26O4S. The second kappa shape index (κ2) is 8.51. The molecule has 0 amide bonds. The first kappa shape index (κ1) is 18.1. The lowest BCUT2D eigenvalue weighted by atomic mass is 10.0. The predicted octanol–water partition coefficient (Wildman–Crippen LogP) is 3.28. The number of aliphatic hydroxyl groups excluding tert-OH is 1. The highest BCUT2D eigenvalue weighted by Crippen LogP contribution is 2.16. The third kappa shape index (κ3) is 6.59. The van der Waals surface area contributed by atoms with Gasteiger partial charge in [0.25, 0.3) is 10.1 Å². The minimum absolute atomic E-state index is 0.125. The summed E-state index contributed by atoms with van der Waals surface area (Å²) in [5, 5.41) is 9.80. The van der Waals surface area contributed by atoms with Gasteiger partial charge in [-0.1, -0.05) is 50.8 Å². The molecule has 4 nitrogen and oxygen atoms in total. The molecule has 0 bridgehead atoms. The summed E-state index contributed by atoms with van der Waals surface area (Å²) in [4.78, 5) is 0.125. The van der Waals surface area contributed by atoms with Gasteiger partial charge in [-0.05, 0) is 31.4 Å². The maximum absolute atomic E-state index is 11.9. The third-order valence-electron chi connectivity index (χ3n) is 3.66. The van der Waals surface area contributed by atoms with Crippen LogP contribution in [0.25, 0.3) is 0 Å². The number of rotatable bonds is 9. The lowest BCUT2D eigenvalue weighted by molar-refractivity contribution is 0.0994. The van der Waals surface area contributed by atoms with Gasteiger partial charge >= 0.3 is 0 Å². The molecule has 1 N–H and O–H groups in total. The van der Waals surface area contributed by atoms with E-state index in [4.69, 9.17) is 4.18 Å². The predicted molar refractivity (Wildman–Crippen MR) is 83.6 cm³/mol. The molecule has 0 radical (unpaired) electrons. The van der Waals surface area contributed by atoms with Gasteiger partial charge in [0.1, 0.15) is 0 Å². The normalized spacial score (nSPS) is 14.9. The van der Waals surface area contributed by atoms with E-state index < -0.39 is 16.2 Å². The molecular weight excluding hydrogens is 288 g/mol. The molecule has 1 aromatic rings. The van der Waals surface area contributed by atoms with Crippen LogP contribution in [0.15, 0.2) is 29.2 Å². The number of aliphatic hydroxyl groups is 1. The Hall–Kier alpha value is -0.910. The fourth-order valence-corrected chi connectivity index (χ4v) is 2.87. The summed E-state index contributed by atoms with van der Waals surface area (Å²) in [6.07, 6.45) is 2.86. The summed E-state index contributed by atoms with van der Waals surface area (Å²) in [6.45, 7) is 6.01. The average Bonchev–Trinajstić information content (AvgIpc) is 2.45. The van der Waals surface area contributed by atoms with E-state index in [2.05, 4.69) is 13.8 Å². The Morgan fingerprint density at radius 3 is 2.38 bits per heavy atom. The molecule has 0 heterocycles. The van der Waals surface area contributed by atoms with Crippen LogP contribution in [0.1, 0.15) is 45.1 Å². The highest BCUT2D eigenvalue weighted by molar-refractivity contribution is 7.86. The summed E-state index contributed by atoms with van der Waals surface area (Å²) < 4.78 is 28.8. The molecule has 0 fully saturated rings. The first-order valence-electron chi connectivity index (χ1n) is 7.49. The Labute approximate surface area is 128 Å². The van der Waals surface area contributed by atoms with Crippen molar-refractivity contribution in [3.8, 4) is 0 Å². The van der Waals surface area contributed by atoms with E-state index >= 15 is 0 Å². The Morgan fingerprint density at radius 2 is 1.81 bits per heavy atom. The molecule has 2 unspecified atom stereocenters. The highest BCUT2D eigenvalue weighted by Gasteiger charge is 2.17. The molecule has 0 aromatic heterocycles. The maximum atomic E-state index is 11.9. The quantitative estimate of drug-likeness (QED) is 0.711. The lowest BCUT2D eigenvalue weighted by Gasteiger charge is -2.13. The number of hydrogen-bond donors (Lipinski definition) is 1. The largest absolute Gasteiger partial charge is 0.391 e. The zero-order chi connectivity index (χ0) is 15.9. The van der Waals surface area contributed by atoms with Gasteiger partial charge in [0.15, 0.2) is 0 Å². The van der Waals surface area contributed by atoms with Gasteiger partial charge in [-0.15, -0.1) is 0 Å². The van der Waals surface area contributed by atoms with Crippen molar-refractivity contribution in [1.82, 2.24) is 0 Å². The van der Waals surface area contributed by atoms with E-state index in [-0.39, 0.29) is 11.5 Å². The first-order chi connectivity index (χ1) is 9.85. The maximum Gasteiger partial charge on any atom is 0.297 e. The van der Waals surface area contributed by atoms with E-state index in [9.17, 15) is 13.5 Å². The second-order valence-corrected chi connectivity index (χ2v) is 7.27. The van der Waals surface area contributed by atoms with E-state index in [0.29, 0.717) is 12.3 Å². The fraction of sp³-hybridized carbons (Fsp3) is 0.625. The minimum Gasteiger partial charge on any atom is -0.391 e. The van der Waals surface area contributed by atoms with Gasteiger partial charge < -0.3 is 5.11 Å². The summed E-state index contributed by atoms with van der Waals surface area (Å²) in [7, 11) is -3.78. The molecule has 0 saturated carbocycles. The van der Waals surface area contributed by atoms with E-state index in [1.54, 1.807) is 12.1 Å². The van der Waals surface area contributed by atoms with Gasteiger partial charge in [-0.25, -0.2) is 0 Å². The molecule has 2 atom stereocenters. The standard InChI is InChI=1S/C16H26O4S/c1-4-13(2)6-5-7-15(17)12-20-21(18,19)16-10-8-14(3)9-11-16/h8-11,13,15,17H,4-7,12H2,1-3H3. The summed E-state index contributed by atoms with van der Waals surface area (Å²) in [5.41, 5.74) is 0.985. The number of hydrogen-bond acceptors (Lipinski definition) is 4. The summed E-state index contributed by atoms with van der Waals surface area (Å²) >= 11 is 0. The molecule has 0 saturated heterocycles. The Balaban J connectivity index is 2.41. The van der Waals surface area contributed by atoms with Crippen molar-refractivity contribution in [1.29, 1.82) is 0 Å². The van der Waals surface area contributed by atoms with Crippen molar-refractivity contribution < 1.29 is 17.7 Å². The van der Waals surface area contributed by atoms with Crippen molar-refractivity contribution in [2.45, 2.75) is 57.5 Å². The highest BCUT2D eigenvalue weighted by atomic mass is 32.2.